The van der Waals surface area contributed by atoms with Gasteiger partial charge in [0.05, 0.1) is 12.5 Å². The van der Waals surface area contributed by atoms with Crippen molar-refractivity contribution in [2.45, 2.75) is 25.1 Å². The van der Waals surface area contributed by atoms with Crippen LogP contribution in [-0.4, -0.2) is 42.9 Å². The maximum Gasteiger partial charge on any atom is 0.397 e. The van der Waals surface area contributed by atoms with Gasteiger partial charge in [-0.05, 0) is 0 Å². The van der Waals surface area contributed by atoms with Crippen LogP contribution in [0.3, 0.4) is 0 Å². The minimum Gasteiger partial charge on any atom is -0.481 e. The number of methoxy groups -OCH3 is 1. The molecule has 1 unspecified atom stereocenters. The smallest absolute Gasteiger partial charge is 0.397 e. The van der Waals surface area contributed by atoms with Crippen molar-refractivity contribution in [2.24, 2.45) is 0 Å². The summed E-state index contributed by atoms with van der Waals surface area (Å²) in [7, 11) is 1.21. The Bertz CT molecular complexity index is 254. The largest absolute Gasteiger partial charge is 0.481 e. The van der Waals surface area contributed by atoms with Gasteiger partial charge in [0.1, 0.15) is 6.42 Å². The number of carboxylic acid groups (broad SMARTS) is 1. The first-order chi connectivity index (χ1) is 7.24. The second-order valence-corrected chi connectivity index (χ2v) is 3.05. The van der Waals surface area contributed by atoms with E-state index in [4.69, 9.17) is 5.11 Å². The predicted molar refractivity (Wildman–Crippen MR) is 46.7 cm³/mol. The van der Waals surface area contributed by atoms with Crippen molar-refractivity contribution in [2.75, 3.05) is 13.7 Å². The van der Waals surface area contributed by atoms with E-state index in [0.717, 1.165) is 0 Å². The number of ether oxygens (including phenoxy) is 1. The highest BCUT2D eigenvalue weighted by molar-refractivity contribution is 5.76. The Balaban J connectivity index is 3.93. The number of hydrogen-bond donors (Lipinski definition) is 2. The van der Waals surface area contributed by atoms with E-state index in [9.17, 15) is 22.8 Å². The molecule has 2 N–H and O–H groups in total. The molecule has 0 saturated carbocycles. The first-order valence-electron chi connectivity index (χ1n) is 4.32. The number of halogens is 3. The summed E-state index contributed by atoms with van der Waals surface area (Å²) in [6, 6.07) is 0. The fourth-order valence-corrected chi connectivity index (χ4v) is 0.906. The Kier molecular flexibility index (Phi) is 5.79. The third-order valence-corrected chi connectivity index (χ3v) is 1.62. The van der Waals surface area contributed by atoms with Crippen LogP contribution in [0.1, 0.15) is 12.8 Å². The van der Waals surface area contributed by atoms with Crippen molar-refractivity contribution < 1.29 is 32.6 Å². The van der Waals surface area contributed by atoms with Gasteiger partial charge >= 0.3 is 12.1 Å². The lowest BCUT2D eigenvalue weighted by Crippen LogP contribution is -2.36. The van der Waals surface area contributed by atoms with E-state index in [1.165, 1.54) is 7.11 Å². The molecular weight excluding hydrogens is 231 g/mol. The minimum absolute atomic E-state index is 0.266. The number of nitrogens with one attached hydrogen (secondary N) is 1. The molecule has 5 nitrogen and oxygen atoms in total. The van der Waals surface area contributed by atoms with Crippen molar-refractivity contribution in [3.05, 3.63) is 0 Å². The molecule has 0 spiro atoms. The number of aliphatic carboxylic acids is 1. The number of alkyl halides is 3. The lowest BCUT2D eigenvalue weighted by Gasteiger charge is -2.14. The highest BCUT2D eigenvalue weighted by atomic mass is 19.4. The van der Waals surface area contributed by atoms with Crippen LogP contribution in [0.4, 0.5) is 13.2 Å². The quantitative estimate of drug-likeness (QED) is 0.714. The first kappa shape index (κ1) is 14.7. The van der Waals surface area contributed by atoms with Crippen LogP contribution >= 0.6 is 0 Å². The molecule has 0 aromatic carbocycles. The molecule has 1 atom stereocenters. The average Bonchev–Trinajstić information content (AvgIpc) is 2.08. The van der Waals surface area contributed by atoms with Crippen LogP contribution in [0.5, 0.6) is 0 Å². The summed E-state index contributed by atoms with van der Waals surface area (Å²) >= 11 is 0. The zero-order valence-corrected chi connectivity index (χ0v) is 8.50. The van der Waals surface area contributed by atoms with E-state index >= 15 is 0 Å². The van der Waals surface area contributed by atoms with Crippen LogP contribution in [-0.2, 0) is 14.3 Å². The van der Waals surface area contributed by atoms with Crippen LogP contribution in [0.2, 0.25) is 0 Å². The number of rotatable bonds is 6. The minimum atomic E-state index is -4.57. The third-order valence-electron chi connectivity index (χ3n) is 1.62. The molecule has 8 heteroatoms. The highest BCUT2D eigenvalue weighted by Crippen LogP contribution is 2.18. The Morgan fingerprint density at radius 2 is 2.00 bits per heavy atom. The first-order valence-corrected chi connectivity index (χ1v) is 4.32. The van der Waals surface area contributed by atoms with Crippen molar-refractivity contribution in [1.82, 2.24) is 5.32 Å². The SMILES string of the molecule is COC(CNC(=O)CC(F)(F)F)CC(=O)O. The molecule has 1 amide bonds. The van der Waals surface area contributed by atoms with E-state index in [0.29, 0.717) is 0 Å². The lowest BCUT2D eigenvalue weighted by atomic mass is 10.2. The molecule has 0 aliphatic rings. The predicted octanol–water partition coefficient (Wildman–Crippen LogP) is 0.545. The van der Waals surface area contributed by atoms with Crippen molar-refractivity contribution in [1.29, 1.82) is 0 Å². The fourth-order valence-electron chi connectivity index (χ4n) is 0.906. The summed E-state index contributed by atoms with van der Waals surface area (Å²) in [5.41, 5.74) is 0. The van der Waals surface area contributed by atoms with Crippen LogP contribution in [0.25, 0.3) is 0 Å². The van der Waals surface area contributed by atoms with E-state index in [-0.39, 0.29) is 13.0 Å². The van der Waals surface area contributed by atoms with Crippen molar-refractivity contribution >= 4 is 11.9 Å². The molecule has 0 bridgehead atoms. The number of carbonyl (C=O) groups is 2. The van der Waals surface area contributed by atoms with Gasteiger partial charge in [0, 0.05) is 13.7 Å². The van der Waals surface area contributed by atoms with Gasteiger partial charge in [-0.3, -0.25) is 9.59 Å². The van der Waals surface area contributed by atoms with Gasteiger partial charge < -0.3 is 15.2 Å². The number of carbonyl (C=O) groups excluding carboxylic acids is 1. The summed E-state index contributed by atoms with van der Waals surface area (Å²) in [5.74, 6) is -2.36. The van der Waals surface area contributed by atoms with E-state index in [2.05, 4.69) is 4.74 Å². The Morgan fingerprint density at radius 1 is 1.44 bits per heavy atom. The van der Waals surface area contributed by atoms with Crippen molar-refractivity contribution in [3.63, 3.8) is 0 Å². The summed E-state index contributed by atoms with van der Waals surface area (Å²) in [6.07, 6.45) is -7.38. The summed E-state index contributed by atoms with van der Waals surface area (Å²) in [6.45, 7) is -0.266. The average molecular weight is 243 g/mol. The van der Waals surface area contributed by atoms with Gasteiger partial charge in [-0.15, -0.1) is 0 Å². The monoisotopic (exact) mass is 243 g/mol. The number of amides is 1. The Labute approximate surface area is 89.6 Å². The molecule has 0 radical (unpaired) electrons. The standard InChI is InChI=1S/C8H12F3NO4/c1-16-5(2-7(14)15)4-12-6(13)3-8(9,10)11/h5H,2-4H2,1H3,(H,12,13)(H,14,15). The fraction of sp³-hybridized carbons (Fsp3) is 0.750. The molecule has 0 fully saturated rings. The molecular formula is C8H12F3NO4. The van der Waals surface area contributed by atoms with E-state index in [1.807, 2.05) is 5.32 Å². The van der Waals surface area contributed by atoms with Gasteiger partial charge in [-0.2, -0.15) is 13.2 Å². The third kappa shape index (κ3) is 8.04. The highest BCUT2D eigenvalue weighted by Gasteiger charge is 2.31. The number of hydrogen-bond acceptors (Lipinski definition) is 3. The van der Waals surface area contributed by atoms with Crippen molar-refractivity contribution in [3.8, 4) is 0 Å². The van der Waals surface area contributed by atoms with Gasteiger partial charge in [0.15, 0.2) is 0 Å². The van der Waals surface area contributed by atoms with Crippen LogP contribution < -0.4 is 5.32 Å². The second kappa shape index (κ2) is 6.31. The maximum absolute atomic E-state index is 11.7. The van der Waals surface area contributed by atoms with E-state index in [1.54, 1.807) is 0 Å². The molecule has 0 aliphatic heterocycles. The lowest BCUT2D eigenvalue weighted by molar-refractivity contribution is -0.154. The number of carboxylic acids is 1. The Morgan fingerprint density at radius 3 is 2.38 bits per heavy atom. The zero-order chi connectivity index (χ0) is 12.8. The zero-order valence-electron chi connectivity index (χ0n) is 8.50. The van der Waals surface area contributed by atoms with Gasteiger partial charge in [0.25, 0.3) is 0 Å². The molecule has 0 rings (SSSR count). The summed E-state index contributed by atoms with van der Waals surface area (Å²) < 4.78 is 39.9. The molecule has 0 aliphatic carbocycles. The molecule has 16 heavy (non-hydrogen) atoms. The molecule has 0 aromatic heterocycles. The van der Waals surface area contributed by atoms with Gasteiger partial charge in [0.2, 0.25) is 5.91 Å². The van der Waals surface area contributed by atoms with Gasteiger partial charge in [-0.1, -0.05) is 0 Å². The molecule has 0 aromatic rings. The van der Waals surface area contributed by atoms with Crippen LogP contribution in [0.15, 0.2) is 0 Å². The maximum atomic E-state index is 11.7. The molecule has 0 saturated heterocycles. The summed E-state index contributed by atoms with van der Waals surface area (Å²) in [5, 5.41) is 10.3. The molecule has 94 valence electrons. The second-order valence-electron chi connectivity index (χ2n) is 3.05. The van der Waals surface area contributed by atoms with E-state index < -0.39 is 30.6 Å². The molecule has 0 heterocycles. The van der Waals surface area contributed by atoms with Gasteiger partial charge in [-0.25, -0.2) is 0 Å². The summed E-state index contributed by atoms with van der Waals surface area (Å²) in [4.78, 5) is 21.0. The van der Waals surface area contributed by atoms with Crippen LogP contribution in [0, 0.1) is 0 Å². The Hall–Kier alpha value is -1.31. The normalized spacial score (nSPS) is 13.2. The topological polar surface area (TPSA) is 75.6 Å².